The van der Waals surface area contributed by atoms with E-state index in [9.17, 15) is 0 Å². The van der Waals surface area contributed by atoms with E-state index in [-0.39, 0.29) is 24.0 Å². The van der Waals surface area contributed by atoms with Crippen LogP contribution in [0.5, 0.6) is 17.2 Å². The SMILES string of the molecule is C=CCOc1ccccc1CNC(N)=NCc1ccc(OC)c(OC)c1.I. The molecule has 0 aliphatic rings. The Morgan fingerprint density at radius 2 is 1.85 bits per heavy atom. The summed E-state index contributed by atoms with van der Waals surface area (Å²) >= 11 is 0. The van der Waals surface area contributed by atoms with Gasteiger partial charge < -0.3 is 25.3 Å². The summed E-state index contributed by atoms with van der Waals surface area (Å²) in [6.45, 7) is 5.08. The fraction of sp³-hybridized carbons (Fsp3) is 0.250. The first-order valence-electron chi connectivity index (χ1n) is 8.24. The summed E-state index contributed by atoms with van der Waals surface area (Å²) in [7, 11) is 3.21. The van der Waals surface area contributed by atoms with Crippen LogP contribution in [0.25, 0.3) is 0 Å². The normalized spacial score (nSPS) is 10.5. The Labute approximate surface area is 177 Å². The molecule has 7 heteroatoms. The molecule has 0 spiro atoms. The van der Waals surface area contributed by atoms with Crippen molar-refractivity contribution in [2.45, 2.75) is 13.1 Å². The second-order valence-corrected chi connectivity index (χ2v) is 5.45. The zero-order valence-corrected chi connectivity index (χ0v) is 17.9. The third-order valence-corrected chi connectivity index (χ3v) is 3.67. The number of hydrogen-bond donors (Lipinski definition) is 2. The number of aliphatic imine (C=N–C) groups is 1. The van der Waals surface area contributed by atoms with Gasteiger partial charge in [-0.2, -0.15) is 0 Å². The molecule has 0 aliphatic heterocycles. The first-order valence-corrected chi connectivity index (χ1v) is 8.24. The molecule has 2 aromatic rings. The Balaban J connectivity index is 0.00000364. The summed E-state index contributed by atoms with van der Waals surface area (Å²) < 4.78 is 16.2. The van der Waals surface area contributed by atoms with E-state index in [2.05, 4.69) is 16.9 Å². The molecule has 27 heavy (non-hydrogen) atoms. The van der Waals surface area contributed by atoms with Crippen molar-refractivity contribution in [3.05, 3.63) is 66.2 Å². The lowest BCUT2D eigenvalue weighted by Gasteiger charge is -2.11. The third-order valence-electron chi connectivity index (χ3n) is 3.67. The van der Waals surface area contributed by atoms with Gasteiger partial charge in [-0.3, -0.25) is 0 Å². The number of nitrogens with two attached hydrogens (primary N) is 1. The first kappa shape index (κ1) is 22.6. The minimum atomic E-state index is 0. The minimum Gasteiger partial charge on any atom is -0.493 e. The molecule has 6 nitrogen and oxygen atoms in total. The lowest BCUT2D eigenvalue weighted by atomic mass is 10.2. The van der Waals surface area contributed by atoms with E-state index in [1.165, 1.54) is 0 Å². The highest BCUT2D eigenvalue weighted by Crippen LogP contribution is 2.27. The van der Waals surface area contributed by atoms with Crippen molar-refractivity contribution in [1.82, 2.24) is 5.32 Å². The van der Waals surface area contributed by atoms with Crippen LogP contribution in [-0.4, -0.2) is 26.8 Å². The lowest BCUT2D eigenvalue weighted by molar-refractivity contribution is 0.354. The average Bonchev–Trinajstić information content (AvgIpc) is 2.69. The van der Waals surface area contributed by atoms with Crippen LogP contribution in [-0.2, 0) is 13.1 Å². The van der Waals surface area contributed by atoms with Crippen LogP contribution in [0.1, 0.15) is 11.1 Å². The van der Waals surface area contributed by atoms with E-state index in [1.807, 2.05) is 42.5 Å². The molecule has 0 amide bonds. The maximum absolute atomic E-state index is 5.97. The Kier molecular flexibility index (Phi) is 10.1. The van der Waals surface area contributed by atoms with Gasteiger partial charge in [-0.25, -0.2) is 4.99 Å². The van der Waals surface area contributed by atoms with Crippen molar-refractivity contribution < 1.29 is 14.2 Å². The van der Waals surface area contributed by atoms with Crippen molar-refractivity contribution in [2.24, 2.45) is 10.7 Å². The van der Waals surface area contributed by atoms with Crippen LogP contribution in [0.2, 0.25) is 0 Å². The number of hydrogen-bond acceptors (Lipinski definition) is 4. The summed E-state index contributed by atoms with van der Waals surface area (Å²) in [5.41, 5.74) is 7.95. The van der Waals surface area contributed by atoms with Crippen LogP contribution in [0.3, 0.4) is 0 Å². The van der Waals surface area contributed by atoms with Gasteiger partial charge in [0, 0.05) is 12.1 Å². The standard InChI is InChI=1S/C20H25N3O3.HI/c1-4-11-26-17-8-6-5-7-16(17)14-23-20(21)22-13-15-9-10-18(24-2)19(12-15)25-3;/h4-10,12H,1,11,13-14H2,2-3H3,(H3,21,22,23);1H. The number of rotatable bonds is 9. The second kappa shape index (κ2) is 12.1. The number of benzene rings is 2. The molecule has 0 heterocycles. The highest BCUT2D eigenvalue weighted by Gasteiger charge is 2.05. The largest absolute Gasteiger partial charge is 0.493 e. The van der Waals surface area contributed by atoms with Gasteiger partial charge in [0.1, 0.15) is 12.4 Å². The number of nitrogens with one attached hydrogen (secondary N) is 1. The summed E-state index contributed by atoms with van der Waals surface area (Å²) in [5.74, 6) is 2.51. The summed E-state index contributed by atoms with van der Waals surface area (Å²) in [5, 5.41) is 3.10. The van der Waals surface area contributed by atoms with E-state index in [0.29, 0.717) is 37.2 Å². The van der Waals surface area contributed by atoms with Crippen molar-refractivity contribution in [1.29, 1.82) is 0 Å². The van der Waals surface area contributed by atoms with Crippen molar-refractivity contribution in [3.63, 3.8) is 0 Å². The number of ether oxygens (including phenoxy) is 3. The van der Waals surface area contributed by atoms with Gasteiger partial charge in [-0.15, -0.1) is 24.0 Å². The monoisotopic (exact) mass is 483 g/mol. The third kappa shape index (κ3) is 7.01. The zero-order chi connectivity index (χ0) is 18.8. The maximum Gasteiger partial charge on any atom is 0.189 e. The van der Waals surface area contributed by atoms with Crippen molar-refractivity contribution >= 4 is 29.9 Å². The number of para-hydroxylation sites is 1. The number of nitrogens with zero attached hydrogens (tertiary/aromatic N) is 1. The van der Waals surface area contributed by atoms with Crippen molar-refractivity contribution in [2.75, 3.05) is 20.8 Å². The van der Waals surface area contributed by atoms with Gasteiger partial charge in [0.2, 0.25) is 0 Å². The van der Waals surface area contributed by atoms with Crippen molar-refractivity contribution in [3.8, 4) is 17.2 Å². The predicted octanol–water partition coefficient (Wildman–Crippen LogP) is 3.49. The Hall–Kier alpha value is -2.42. The molecule has 0 radical (unpaired) electrons. The van der Waals surface area contributed by atoms with Crippen LogP contribution in [0.15, 0.2) is 60.1 Å². The maximum atomic E-state index is 5.97. The topological polar surface area (TPSA) is 78.1 Å². The smallest absolute Gasteiger partial charge is 0.189 e. The highest BCUT2D eigenvalue weighted by molar-refractivity contribution is 14.0. The molecule has 0 saturated carbocycles. The predicted molar refractivity (Wildman–Crippen MR) is 119 cm³/mol. The molecule has 0 saturated heterocycles. The van der Waals surface area contributed by atoms with Crippen LogP contribution >= 0.6 is 24.0 Å². The van der Waals surface area contributed by atoms with E-state index in [1.54, 1.807) is 20.3 Å². The second-order valence-electron chi connectivity index (χ2n) is 5.45. The molecule has 3 N–H and O–H groups in total. The Morgan fingerprint density at radius 3 is 2.56 bits per heavy atom. The van der Waals surface area contributed by atoms with E-state index < -0.39 is 0 Å². The van der Waals surface area contributed by atoms with Gasteiger partial charge in [0.05, 0.1) is 20.8 Å². The molecular weight excluding hydrogens is 457 g/mol. The van der Waals surface area contributed by atoms with E-state index >= 15 is 0 Å². The molecule has 2 rings (SSSR count). The summed E-state index contributed by atoms with van der Waals surface area (Å²) in [6, 6.07) is 13.4. The number of guanidine groups is 1. The molecular formula is C20H26IN3O3. The lowest BCUT2D eigenvalue weighted by Crippen LogP contribution is -2.31. The number of halogens is 1. The zero-order valence-electron chi connectivity index (χ0n) is 15.6. The van der Waals surface area contributed by atoms with Gasteiger partial charge in [0.15, 0.2) is 17.5 Å². The molecule has 0 bridgehead atoms. The van der Waals surface area contributed by atoms with Crippen LogP contribution in [0.4, 0.5) is 0 Å². The van der Waals surface area contributed by atoms with Gasteiger partial charge >= 0.3 is 0 Å². The fourth-order valence-electron chi connectivity index (χ4n) is 2.34. The molecule has 0 atom stereocenters. The molecule has 2 aromatic carbocycles. The van der Waals surface area contributed by atoms with Crippen LogP contribution in [0, 0.1) is 0 Å². The number of methoxy groups -OCH3 is 2. The van der Waals surface area contributed by atoms with Gasteiger partial charge in [-0.05, 0) is 23.8 Å². The molecule has 0 aliphatic carbocycles. The van der Waals surface area contributed by atoms with Crippen LogP contribution < -0.4 is 25.3 Å². The van der Waals surface area contributed by atoms with E-state index in [0.717, 1.165) is 16.9 Å². The average molecular weight is 483 g/mol. The first-order chi connectivity index (χ1) is 12.7. The van der Waals surface area contributed by atoms with Gasteiger partial charge in [0.25, 0.3) is 0 Å². The molecule has 0 aromatic heterocycles. The van der Waals surface area contributed by atoms with E-state index in [4.69, 9.17) is 19.9 Å². The molecule has 0 unspecified atom stereocenters. The summed E-state index contributed by atoms with van der Waals surface area (Å²) in [6.07, 6.45) is 1.71. The molecule has 0 fully saturated rings. The quantitative estimate of drug-likeness (QED) is 0.247. The Bertz CT molecular complexity index is 766. The minimum absolute atomic E-state index is 0. The van der Waals surface area contributed by atoms with Gasteiger partial charge in [-0.1, -0.05) is 36.9 Å². The summed E-state index contributed by atoms with van der Waals surface area (Å²) in [4.78, 5) is 4.36. The molecule has 146 valence electrons. The highest BCUT2D eigenvalue weighted by atomic mass is 127. The Morgan fingerprint density at radius 1 is 1.11 bits per heavy atom. The fourth-order valence-corrected chi connectivity index (χ4v) is 2.34.